The zero-order valence-electron chi connectivity index (χ0n) is 12.9. The fourth-order valence-corrected chi connectivity index (χ4v) is 3.85. The van der Waals surface area contributed by atoms with Gasteiger partial charge in [0.25, 0.3) is 0 Å². The monoisotopic (exact) mass is 283 g/mol. The molecule has 0 atom stereocenters. The molecule has 1 N–H and O–H groups in total. The van der Waals surface area contributed by atoms with Gasteiger partial charge in [-0.05, 0) is 54.6 Å². The summed E-state index contributed by atoms with van der Waals surface area (Å²) in [5, 5.41) is 3.67. The number of hydrogen-bond acceptors (Lipinski definition) is 1. The molecule has 4 rings (SSSR count). The molecule has 0 aromatic heterocycles. The molecule has 0 unspecified atom stereocenters. The highest BCUT2D eigenvalue weighted by Crippen LogP contribution is 2.60. The molecule has 0 bridgehead atoms. The second-order valence-corrected chi connectivity index (χ2v) is 6.98. The van der Waals surface area contributed by atoms with Crippen LogP contribution in [-0.2, 0) is 13.0 Å². The molecule has 0 saturated heterocycles. The van der Waals surface area contributed by atoms with Crippen molar-refractivity contribution in [2.75, 3.05) is 20.1 Å². The van der Waals surface area contributed by atoms with Crippen LogP contribution in [0.1, 0.15) is 36.8 Å². The van der Waals surface area contributed by atoms with Crippen LogP contribution in [0.2, 0.25) is 0 Å². The number of nitrogens with one attached hydrogen (secondary N) is 1. The van der Waals surface area contributed by atoms with Crippen molar-refractivity contribution in [3.8, 4) is 0 Å². The Morgan fingerprint density at radius 3 is 2.71 bits per heavy atom. The molecule has 21 heavy (non-hydrogen) atoms. The Morgan fingerprint density at radius 1 is 1.29 bits per heavy atom. The van der Waals surface area contributed by atoms with E-state index in [1.54, 1.807) is 0 Å². The zero-order chi connectivity index (χ0) is 14.3. The number of benzene rings is 1. The van der Waals surface area contributed by atoms with E-state index in [0.29, 0.717) is 5.41 Å². The summed E-state index contributed by atoms with van der Waals surface area (Å²) in [6, 6.07) is 8.80. The average Bonchev–Trinajstić information content (AvgIpc) is 3.39. The van der Waals surface area contributed by atoms with Gasteiger partial charge >= 0.3 is 0 Å². The van der Waals surface area contributed by atoms with Gasteiger partial charge in [0.05, 0.1) is 0 Å². The Balaban J connectivity index is 1.40. The summed E-state index contributed by atoms with van der Waals surface area (Å²) in [7, 11) is 1.92. The molecule has 0 amide bonds. The standard InChI is InChI=1S/C18H25N3/c1-19-17(20-13-18(9-10-18)16-6-7-16)21-11-8-14-4-2-3-5-15(14)12-21/h2-5,16H,6-13H2,1H3,(H,19,20). The molecule has 1 aromatic carbocycles. The summed E-state index contributed by atoms with van der Waals surface area (Å²) in [6.45, 7) is 3.20. The van der Waals surface area contributed by atoms with Crippen molar-refractivity contribution in [3.63, 3.8) is 0 Å². The first kappa shape index (κ1) is 13.2. The van der Waals surface area contributed by atoms with Gasteiger partial charge in [-0.1, -0.05) is 24.3 Å². The van der Waals surface area contributed by atoms with Gasteiger partial charge in [0, 0.05) is 26.7 Å². The van der Waals surface area contributed by atoms with Crippen LogP contribution in [0.25, 0.3) is 0 Å². The van der Waals surface area contributed by atoms with E-state index in [1.807, 2.05) is 7.05 Å². The highest BCUT2D eigenvalue weighted by molar-refractivity contribution is 5.80. The molecule has 3 nitrogen and oxygen atoms in total. The Bertz CT molecular complexity index is 555. The smallest absolute Gasteiger partial charge is 0.193 e. The van der Waals surface area contributed by atoms with Crippen molar-refractivity contribution in [2.24, 2.45) is 16.3 Å². The highest BCUT2D eigenvalue weighted by Gasteiger charge is 2.53. The number of hydrogen-bond donors (Lipinski definition) is 1. The molecule has 3 heteroatoms. The lowest BCUT2D eigenvalue weighted by molar-refractivity contribution is 0.362. The third-order valence-corrected chi connectivity index (χ3v) is 5.58. The van der Waals surface area contributed by atoms with Gasteiger partial charge in [-0.25, -0.2) is 0 Å². The molecule has 112 valence electrons. The number of aliphatic imine (C=N–C) groups is 1. The summed E-state index contributed by atoms with van der Waals surface area (Å²) in [5.41, 5.74) is 3.58. The van der Waals surface area contributed by atoms with Crippen LogP contribution in [0, 0.1) is 11.3 Å². The van der Waals surface area contributed by atoms with Crippen LogP contribution < -0.4 is 5.32 Å². The van der Waals surface area contributed by atoms with Crippen LogP contribution in [0.15, 0.2) is 29.3 Å². The van der Waals surface area contributed by atoms with Crippen LogP contribution in [0.3, 0.4) is 0 Å². The van der Waals surface area contributed by atoms with Crippen LogP contribution >= 0.6 is 0 Å². The maximum absolute atomic E-state index is 4.53. The predicted octanol–water partition coefficient (Wildman–Crippen LogP) is 2.81. The fraction of sp³-hybridized carbons (Fsp3) is 0.611. The lowest BCUT2D eigenvalue weighted by atomic mass is 10.00. The molecule has 1 aliphatic heterocycles. The number of nitrogens with zero attached hydrogens (tertiary/aromatic N) is 2. The zero-order valence-corrected chi connectivity index (χ0v) is 12.9. The van der Waals surface area contributed by atoms with Crippen molar-refractivity contribution in [2.45, 2.75) is 38.6 Å². The van der Waals surface area contributed by atoms with Crippen molar-refractivity contribution in [3.05, 3.63) is 35.4 Å². The van der Waals surface area contributed by atoms with E-state index in [0.717, 1.165) is 37.9 Å². The summed E-state index contributed by atoms with van der Waals surface area (Å²) < 4.78 is 0. The second-order valence-electron chi connectivity index (χ2n) is 6.98. The van der Waals surface area contributed by atoms with E-state index in [4.69, 9.17) is 0 Å². The number of guanidine groups is 1. The predicted molar refractivity (Wildman–Crippen MR) is 86.3 cm³/mol. The molecular formula is C18H25N3. The van der Waals surface area contributed by atoms with Gasteiger partial charge < -0.3 is 10.2 Å². The van der Waals surface area contributed by atoms with Gasteiger partial charge in [-0.2, -0.15) is 0 Å². The molecule has 2 saturated carbocycles. The molecule has 0 spiro atoms. The van der Waals surface area contributed by atoms with Crippen LogP contribution in [0.5, 0.6) is 0 Å². The molecule has 1 aromatic rings. The summed E-state index contributed by atoms with van der Waals surface area (Å²) in [4.78, 5) is 6.93. The first-order chi connectivity index (χ1) is 10.3. The van der Waals surface area contributed by atoms with Crippen molar-refractivity contribution in [1.29, 1.82) is 0 Å². The van der Waals surface area contributed by atoms with Crippen molar-refractivity contribution in [1.82, 2.24) is 10.2 Å². The minimum atomic E-state index is 0.629. The van der Waals surface area contributed by atoms with Crippen molar-refractivity contribution < 1.29 is 0 Å². The van der Waals surface area contributed by atoms with Crippen LogP contribution in [0.4, 0.5) is 0 Å². The van der Waals surface area contributed by atoms with E-state index >= 15 is 0 Å². The number of fused-ring (bicyclic) bond motifs is 1. The minimum Gasteiger partial charge on any atom is -0.356 e. The van der Waals surface area contributed by atoms with E-state index in [2.05, 4.69) is 39.5 Å². The largest absolute Gasteiger partial charge is 0.356 e. The maximum Gasteiger partial charge on any atom is 0.193 e. The maximum atomic E-state index is 4.53. The molecule has 2 fully saturated rings. The Hall–Kier alpha value is -1.51. The fourth-order valence-electron chi connectivity index (χ4n) is 3.85. The average molecular weight is 283 g/mol. The summed E-state index contributed by atoms with van der Waals surface area (Å²) >= 11 is 0. The Kier molecular flexibility index (Phi) is 3.16. The Morgan fingerprint density at radius 2 is 2.05 bits per heavy atom. The van der Waals surface area contributed by atoms with E-state index in [1.165, 1.54) is 36.8 Å². The van der Waals surface area contributed by atoms with E-state index in [-0.39, 0.29) is 0 Å². The molecule has 1 heterocycles. The molecular weight excluding hydrogens is 258 g/mol. The summed E-state index contributed by atoms with van der Waals surface area (Å²) in [6.07, 6.45) is 6.88. The Labute approximate surface area is 127 Å². The third-order valence-electron chi connectivity index (χ3n) is 5.58. The summed E-state index contributed by atoms with van der Waals surface area (Å²) in [5.74, 6) is 2.10. The van der Waals surface area contributed by atoms with Crippen LogP contribution in [-0.4, -0.2) is 31.0 Å². The topological polar surface area (TPSA) is 27.6 Å². The lowest BCUT2D eigenvalue weighted by Crippen LogP contribution is -2.45. The first-order valence-corrected chi connectivity index (χ1v) is 8.33. The van der Waals surface area contributed by atoms with Gasteiger partial charge in [0.15, 0.2) is 5.96 Å². The van der Waals surface area contributed by atoms with E-state index < -0.39 is 0 Å². The molecule has 2 aliphatic carbocycles. The van der Waals surface area contributed by atoms with Gasteiger partial charge in [0.2, 0.25) is 0 Å². The second kappa shape index (κ2) is 5.04. The van der Waals surface area contributed by atoms with Gasteiger partial charge in [0.1, 0.15) is 0 Å². The third kappa shape index (κ3) is 2.54. The molecule has 3 aliphatic rings. The van der Waals surface area contributed by atoms with Crippen molar-refractivity contribution >= 4 is 5.96 Å². The van der Waals surface area contributed by atoms with Gasteiger partial charge in [-0.15, -0.1) is 0 Å². The van der Waals surface area contributed by atoms with Gasteiger partial charge in [-0.3, -0.25) is 4.99 Å². The normalized spacial score (nSPS) is 23.7. The van der Waals surface area contributed by atoms with E-state index in [9.17, 15) is 0 Å². The SMILES string of the molecule is CN=C(NCC1(C2CC2)CC1)N1CCc2ccccc2C1. The lowest BCUT2D eigenvalue weighted by Gasteiger charge is -2.32. The minimum absolute atomic E-state index is 0.629. The quantitative estimate of drug-likeness (QED) is 0.682. The number of rotatable bonds is 3. The molecule has 0 radical (unpaired) electrons. The first-order valence-electron chi connectivity index (χ1n) is 8.33. The highest BCUT2D eigenvalue weighted by atomic mass is 15.3.